The summed E-state index contributed by atoms with van der Waals surface area (Å²) in [5, 5.41) is 3.50. The first-order valence-electron chi connectivity index (χ1n) is 8.90. The minimum atomic E-state index is 0.279. The van der Waals surface area contributed by atoms with Crippen LogP contribution in [-0.2, 0) is 11.2 Å². The van der Waals surface area contributed by atoms with Crippen LogP contribution in [0.15, 0.2) is 24.5 Å². The van der Waals surface area contributed by atoms with E-state index in [9.17, 15) is 4.79 Å². The first-order chi connectivity index (χ1) is 12.0. The van der Waals surface area contributed by atoms with Gasteiger partial charge >= 0.3 is 0 Å². The van der Waals surface area contributed by atoms with E-state index in [0.717, 1.165) is 43.9 Å². The van der Waals surface area contributed by atoms with E-state index in [1.54, 1.807) is 17.7 Å². The number of thiophene rings is 1. The molecule has 0 atom stereocenters. The van der Waals surface area contributed by atoms with Gasteiger partial charge in [-0.2, -0.15) is 0 Å². The standard InChI is InChI=1S/C19H24N4OS/c1-13-7-17(21-12-20-13)22-15-9-19(10-15)5-6-23(11-19)18(24)8-16-4-3-14(2)25-16/h3-4,7,12,15H,5-6,8-11H2,1-2H3,(H,20,21,22). The van der Waals surface area contributed by atoms with Gasteiger partial charge in [0.2, 0.25) is 5.91 Å². The zero-order chi connectivity index (χ0) is 17.4. The maximum atomic E-state index is 12.6. The number of anilines is 1. The number of nitrogens with zero attached hydrogens (tertiary/aromatic N) is 3. The third kappa shape index (κ3) is 3.54. The molecule has 1 saturated heterocycles. The van der Waals surface area contributed by atoms with E-state index in [2.05, 4.69) is 39.2 Å². The van der Waals surface area contributed by atoms with Gasteiger partial charge in [0.05, 0.1) is 6.42 Å². The highest BCUT2D eigenvalue weighted by molar-refractivity contribution is 7.12. The molecule has 132 valence electrons. The molecule has 2 aromatic heterocycles. The van der Waals surface area contributed by atoms with Crippen LogP contribution in [0.3, 0.4) is 0 Å². The molecule has 1 spiro atoms. The molecular weight excluding hydrogens is 332 g/mol. The number of carbonyl (C=O) groups excluding carboxylic acids is 1. The Morgan fingerprint density at radius 2 is 2.20 bits per heavy atom. The fraction of sp³-hybridized carbons (Fsp3) is 0.526. The monoisotopic (exact) mass is 356 g/mol. The summed E-state index contributed by atoms with van der Waals surface area (Å²) in [6.45, 7) is 5.88. The maximum absolute atomic E-state index is 12.6. The van der Waals surface area contributed by atoms with E-state index in [-0.39, 0.29) is 5.91 Å². The molecule has 4 rings (SSSR count). The summed E-state index contributed by atoms with van der Waals surface area (Å²) >= 11 is 1.73. The van der Waals surface area contributed by atoms with E-state index in [4.69, 9.17) is 0 Å². The summed E-state index contributed by atoms with van der Waals surface area (Å²) in [5.74, 6) is 1.19. The number of aromatic nitrogens is 2. The number of nitrogens with one attached hydrogen (secondary N) is 1. The smallest absolute Gasteiger partial charge is 0.227 e. The SMILES string of the molecule is Cc1cc(NC2CC3(CCN(C(=O)Cc4ccc(C)s4)C3)C2)ncn1. The predicted octanol–water partition coefficient (Wildman–Crippen LogP) is 3.19. The molecular formula is C19H24N4OS. The molecule has 5 nitrogen and oxygen atoms in total. The van der Waals surface area contributed by atoms with Gasteiger partial charge in [0.1, 0.15) is 12.1 Å². The van der Waals surface area contributed by atoms with Gasteiger partial charge in [-0.15, -0.1) is 11.3 Å². The van der Waals surface area contributed by atoms with Gasteiger partial charge in [0.15, 0.2) is 0 Å². The van der Waals surface area contributed by atoms with Crippen LogP contribution in [0.1, 0.15) is 34.7 Å². The molecule has 0 unspecified atom stereocenters. The zero-order valence-corrected chi connectivity index (χ0v) is 15.6. The van der Waals surface area contributed by atoms with Crippen LogP contribution in [0.2, 0.25) is 0 Å². The van der Waals surface area contributed by atoms with E-state index in [0.29, 0.717) is 17.9 Å². The molecule has 2 aromatic rings. The number of hydrogen-bond acceptors (Lipinski definition) is 5. The van der Waals surface area contributed by atoms with Crippen molar-refractivity contribution < 1.29 is 4.79 Å². The third-order valence-corrected chi connectivity index (χ3v) is 6.43. The first-order valence-corrected chi connectivity index (χ1v) is 9.71. The fourth-order valence-electron chi connectivity index (χ4n) is 4.15. The summed E-state index contributed by atoms with van der Waals surface area (Å²) in [6, 6.07) is 6.62. The normalized spacial score (nSPS) is 25.2. The Morgan fingerprint density at radius 3 is 2.92 bits per heavy atom. The molecule has 25 heavy (non-hydrogen) atoms. The predicted molar refractivity (Wildman–Crippen MR) is 99.8 cm³/mol. The minimum absolute atomic E-state index is 0.279. The van der Waals surface area contributed by atoms with Crippen molar-refractivity contribution in [1.29, 1.82) is 0 Å². The van der Waals surface area contributed by atoms with Crippen LogP contribution in [0.5, 0.6) is 0 Å². The lowest BCUT2D eigenvalue weighted by Crippen LogP contribution is -2.47. The van der Waals surface area contributed by atoms with E-state index in [1.807, 2.05) is 13.0 Å². The van der Waals surface area contributed by atoms with Gasteiger partial charge < -0.3 is 10.2 Å². The topological polar surface area (TPSA) is 58.1 Å². The molecule has 2 aliphatic rings. The van der Waals surface area contributed by atoms with Crippen LogP contribution in [0.4, 0.5) is 5.82 Å². The highest BCUT2D eigenvalue weighted by Gasteiger charge is 2.49. The number of aryl methyl sites for hydroxylation is 2. The zero-order valence-electron chi connectivity index (χ0n) is 14.8. The van der Waals surface area contributed by atoms with Gasteiger partial charge in [-0.3, -0.25) is 4.79 Å². The molecule has 0 radical (unpaired) electrons. The van der Waals surface area contributed by atoms with Crippen LogP contribution in [0.25, 0.3) is 0 Å². The highest BCUT2D eigenvalue weighted by Crippen LogP contribution is 2.49. The first kappa shape index (κ1) is 16.5. The van der Waals surface area contributed by atoms with Crippen molar-refractivity contribution >= 4 is 23.1 Å². The molecule has 2 fully saturated rings. The third-order valence-electron chi connectivity index (χ3n) is 5.43. The summed E-state index contributed by atoms with van der Waals surface area (Å²) in [6.07, 6.45) is 5.53. The second-order valence-electron chi connectivity index (χ2n) is 7.55. The number of carbonyl (C=O) groups is 1. The average Bonchev–Trinajstić information content (AvgIpc) is 3.14. The van der Waals surface area contributed by atoms with Crippen molar-refractivity contribution in [3.05, 3.63) is 40.0 Å². The van der Waals surface area contributed by atoms with Crippen LogP contribution < -0.4 is 5.32 Å². The second-order valence-corrected chi connectivity index (χ2v) is 8.92. The molecule has 1 N–H and O–H groups in total. The van der Waals surface area contributed by atoms with Gasteiger partial charge in [-0.1, -0.05) is 0 Å². The molecule has 1 aliphatic carbocycles. The van der Waals surface area contributed by atoms with Crippen LogP contribution in [0, 0.1) is 19.3 Å². The van der Waals surface area contributed by atoms with E-state index < -0.39 is 0 Å². The Bertz CT molecular complexity index is 781. The van der Waals surface area contributed by atoms with Crippen LogP contribution >= 0.6 is 11.3 Å². The number of amides is 1. The van der Waals surface area contributed by atoms with Gasteiger partial charge in [0, 0.05) is 40.6 Å². The number of likely N-dealkylation sites (tertiary alicyclic amines) is 1. The Morgan fingerprint density at radius 1 is 1.36 bits per heavy atom. The van der Waals surface area contributed by atoms with E-state index in [1.165, 1.54) is 9.75 Å². The molecule has 0 bridgehead atoms. The molecule has 6 heteroatoms. The Balaban J connectivity index is 1.29. The Labute approximate surface area is 152 Å². The summed E-state index contributed by atoms with van der Waals surface area (Å²) in [5.41, 5.74) is 1.30. The Kier molecular flexibility index (Phi) is 4.23. The van der Waals surface area contributed by atoms with E-state index >= 15 is 0 Å². The van der Waals surface area contributed by atoms with Crippen molar-refractivity contribution in [2.75, 3.05) is 18.4 Å². The molecule has 1 saturated carbocycles. The maximum Gasteiger partial charge on any atom is 0.227 e. The second kappa shape index (κ2) is 6.41. The van der Waals surface area contributed by atoms with Crippen LogP contribution in [-0.4, -0.2) is 39.9 Å². The summed E-state index contributed by atoms with van der Waals surface area (Å²) in [4.78, 5) is 25.5. The van der Waals surface area contributed by atoms with Crippen molar-refractivity contribution in [3.63, 3.8) is 0 Å². The fourth-order valence-corrected chi connectivity index (χ4v) is 5.03. The molecule has 1 amide bonds. The number of rotatable bonds is 4. The lowest BCUT2D eigenvalue weighted by atomic mass is 9.65. The molecule has 1 aliphatic heterocycles. The van der Waals surface area contributed by atoms with Crippen molar-refractivity contribution in [3.8, 4) is 0 Å². The summed E-state index contributed by atoms with van der Waals surface area (Å²) < 4.78 is 0. The lowest BCUT2D eigenvalue weighted by molar-refractivity contribution is -0.130. The molecule has 0 aromatic carbocycles. The van der Waals surface area contributed by atoms with Gasteiger partial charge in [0.25, 0.3) is 0 Å². The largest absolute Gasteiger partial charge is 0.367 e. The number of hydrogen-bond donors (Lipinski definition) is 1. The van der Waals surface area contributed by atoms with Gasteiger partial charge in [-0.25, -0.2) is 9.97 Å². The summed E-state index contributed by atoms with van der Waals surface area (Å²) in [7, 11) is 0. The van der Waals surface area contributed by atoms with Crippen molar-refractivity contribution in [2.24, 2.45) is 5.41 Å². The lowest BCUT2D eigenvalue weighted by Gasteiger charge is -2.45. The molecule has 3 heterocycles. The average molecular weight is 356 g/mol. The van der Waals surface area contributed by atoms with Gasteiger partial charge in [-0.05, 0) is 50.7 Å². The quantitative estimate of drug-likeness (QED) is 0.914. The van der Waals surface area contributed by atoms with Crippen molar-refractivity contribution in [2.45, 2.75) is 45.6 Å². The minimum Gasteiger partial charge on any atom is -0.367 e. The van der Waals surface area contributed by atoms with Crippen molar-refractivity contribution in [1.82, 2.24) is 14.9 Å². The highest BCUT2D eigenvalue weighted by atomic mass is 32.1. The Hall–Kier alpha value is -1.95.